The number of hydrogen-bond acceptors (Lipinski definition) is 2. The summed E-state index contributed by atoms with van der Waals surface area (Å²) >= 11 is 0. The van der Waals surface area contributed by atoms with Crippen molar-refractivity contribution in [3.63, 3.8) is 0 Å². The van der Waals surface area contributed by atoms with Crippen LogP contribution in [-0.2, 0) is 6.42 Å². The number of carbonyl (C=O) groups is 1. The first kappa shape index (κ1) is 14.3. The van der Waals surface area contributed by atoms with Crippen molar-refractivity contribution in [2.75, 3.05) is 0 Å². The van der Waals surface area contributed by atoms with Gasteiger partial charge in [-0.3, -0.25) is 4.79 Å². The fraction of sp³-hybridized carbons (Fsp3) is 0.588. The molecule has 104 valence electrons. The van der Waals surface area contributed by atoms with Gasteiger partial charge in [-0.05, 0) is 30.9 Å². The number of hydrogen-bond donors (Lipinski definition) is 1. The Bertz CT molecular complexity index is 429. The van der Waals surface area contributed by atoms with Crippen LogP contribution in [0.15, 0.2) is 24.3 Å². The normalized spacial score (nSPS) is 18.8. The molecule has 2 nitrogen and oxygen atoms in total. The number of aryl methyl sites for hydroxylation is 1. The van der Waals surface area contributed by atoms with Crippen LogP contribution in [0.3, 0.4) is 0 Å². The Morgan fingerprint density at radius 2 is 1.89 bits per heavy atom. The second-order valence-electron chi connectivity index (χ2n) is 5.73. The first-order chi connectivity index (χ1) is 9.15. The molecular weight excluding hydrogens is 236 g/mol. The Balaban J connectivity index is 2.19. The molecule has 0 bridgehead atoms. The summed E-state index contributed by atoms with van der Waals surface area (Å²) in [5, 5.41) is 10.6. The predicted octanol–water partition coefficient (Wildman–Crippen LogP) is 3.91. The Morgan fingerprint density at radius 3 is 2.53 bits per heavy atom. The molecule has 0 aliphatic heterocycles. The van der Waals surface area contributed by atoms with E-state index in [1.54, 1.807) is 0 Å². The van der Waals surface area contributed by atoms with Gasteiger partial charge in [-0.1, -0.05) is 57.2 Å². The van der Waals surface area contributed by atoms with Crippen LogP contribution in [0, 0.1) is 0 Å². The highest BCUT2D eigenvalue weighted by atomic mass is 16.3. The van der Waals surface area contributed by atoms with Gasteiger partial charge in [0.1, 0.15) is 5.60 Å². The van der Waals surface area contributed by atoms with E-state index in [9.17, 15) is 9.90 Å². The molecule has 2 rings (SSSR count). The lowest BCUT2D eigenvalue weighted by Gasteiger charge is -2.25. The van der Waals surface area contributed by atoms with Gasteiger partial charge >= 0.3 is 0 Å². The van der Waals surface area contributed by atoms with Gasteiger partial charge in [-0.2, -0.15) is 0 Å². The lowest BCUT2D eigenvalue weighted by Crippen LogP contribution is -2.38. The van der Waals surface area contributed by atoms with Crippen molar-refractivity contribution in [3.05, 3.63) is 35.4 Å². The number of aliphatic hydroxyl groups is 1. The molecular formula is C17H24O2. The fourth-order valence-corrected chi connectivity index (χ4v) is 2.97. The zero-order valence-corrected chi connectivity index (χ0v) is 11.8. The van der Waals surface area contributed by atoms with Crippen LogP contribution in [0.5, 0.6) is 0 Å². The van der Waals surface area contributed by atoms with Crippen LogP contribution in [0.4, 0.5) is 0 Å². The van der Waals surface area contributed by atoms with Crippen LogP contribution in [0.2, 0.25) is 0 Å². The SMILES string of the molecule is CCCc1cccc(C(=O)C2(O)CCCCCC2)c1. The Hall–Kier alpha value is -1.15. The topological polar surface area (TPSA) is 37.3 Å². The van der Waals surface area contributed by atoms with Gasteiger partial charge < -0.3 is 5.11 Å². The van der Waals surface area contributed by atoms with E-state index in [0.29, 0.717) is 18.4 Å². The highest BCUT2D eigenvalue weighted by molar-refractivity contribution is 6.02. The molecule has 2 heteroatoms. The quantitative estimate of drug-likeness (QED) is 0.658. The maximum atomic E-state index is 12.6. The van der Waals surface area contributed by atoms with E-state index < -0.39 is 5.60 Å². The summed E-state index contributed by atoms with van der Waals surface area (Å²) in [6, 6.07) is 7.77. The first-order valence-corrected chi connectivity index (χ1v) is 7.52. The molecule has 1 aliphatic carbocycles. The van der Waals surface area contributed by atoms with Crippen LogP contribution in [-0.4, -0.2) is 16.5 Å². The maximum absolute atomic E-state index is 12.6. The van der Waals surface area contributed by atoms with E-state index in [4.69, 9.17) is 0 Å². The van der Waals surface area contributed by atoms with Crippen LogP contribution in [0.25, 0.3) is 0 Å². The van der Waals surface area contributed by atoms with Gasteiger partial charge in [0, 0.05) is 5.56 Å². The molecule has 0 heterocycles. The summed E-state index contributed by atoms with van der Waals surface area (Å²) in [5.74, 6) is -0.0765. The van der Waals surface area contributed by atoms with Crippen molar-refractivity contribution in [3.8, 4) is 0 Å². The summed E-state index contributed by atoms with van der Waals surface area (Å²) in [4.78, 5) is 12.6. The van der Waals surface area contributed by atoms with E-state index in [-0.39, 0.29) is 5.78 Å². The molecule has 1 N–H and O–H groups in total. The Labute approximate surface area is 115 Å². The van der Waals surface area contributed by atoms with Gasteiger partial charge in [0.15, 0.2) is 5.78 Å². The van der Waals surface area contributed by atoms with E-state index in [0.717, 1.165) is 38.5 Å². The molecule has 1 aliphatic rings. The van der Waals surface area contributed by atoms with E-state index >= 15 is 0 Å². The summed E-state index contributed by atoms with van der Waals surface area (Å²) in [6.07, 6.45) is 7.46. The van der Waals surface area contributed by atoms with Crippen molar-refractivity contribution in [2.45, 2.75) is 63.9 Å². The van der Waals surface area contributed by atoms with Crippen LogP contribution < -0.4 is 0 Å². The zero-order valence-electron chi connectivity index (χ0n) is 11.8. The minimum Gasteiger partial charge on any atom is -0.382 e. The standard InChI is InChI=1S/C17H24O2/c1-2-8-14-9-7-10-15(13-14)16(18)17(19)11-5-3-4-6-12-17/h7,9-10,13,19H,2-6,8,11-12H2,1H3. The predicted molar refractivity (Wildman–Crippen MR) is 77.4 cm³/mol. The number of rotatable bonds is 4. The van der Waals surface area contributed by atoms with Crippen molar-refractivity contribution in [1.82, 2.24) is 0 Å². The molecule has 0 atom stereocenters. The molecule has 0 spiro atoms. The molecule has 0 radical (unpaired) electrons. The van der Waals surface area contributed by atoms with Gasteiger partial charge in [0.05, 0.1) is 0 Å². The highest BCUT2D eigenvalue weighted by Crippen LogP contribution is 2.30. The van der Waals surface area contributed by atoms with E-state index in [2.05, 4.69) is 13.0 Å². The number of carbonyl (C=O) groups excluding carboxylic acids is 1. The highest BCUT2D eigenvalue weighted by Gasteiger charge is 2.36. The molecule has 1 aromatic rings. The Kier molecular flexibility index (Phi) is 4.76. The minimum absolute atomic E-state index is 0.0765. The smallest absolute Gasteiger partial charge is 0.194 e. The van der Waals surface area contributed by atoms with Gasteiger partial charge in [-0.25, -0.2) is 0 Å². The summed E-state index contributed by atoms with van der Waals surface area (Å²) in [6.45, 7) is 2.13. The largest absolute Gasteiger partial charge is 0.382 e. The first-order valence-electron chi connectivity index (χ1n) is 7.52. The monoisotopic (exact) mass is 260 g/mol. The van der Waals surface area contributed by atoms with Crippen molar-refractivity contribution < 1.29 is 9.90 Å². The number of ketones is 1. The van der Waals surface area contributed by atoms with Gasteiger partial charge in [-0.15, -0.1) is 0 Å². The van der Waals surface area contributed by atoms with Gasteiger partial charge in [0.2, 0.25) is 0 Å². The molecule has 1 aromatic carbocycles. The number of Topliss-reactive ketones (excluding diaryl/α,β-unsaturated/α-hetero) is 1. The van der Waals surface area contributed by atoms with E-state index in [1.807, 2.05) is 18.2 Å². The van der Waals surface area contributed by atoms with E-state index in [1.165, 1.54) is 5.56 Å². The van der Waals surface area contributed by atoms with Crippen LogP contribution >= 0.6 is 0 Å². The third-order valence-electron chi connectivity index (χ3n) is 4.08. The second-order valence-corrected chi connectivity index (χ2v) is 5.73. The molecule has 0 saturated heterocycles. The minimum atomic E-state index is -1.12. The second kappa shape index (κ2) is 6.33. The van der Waals surface area contributed by atoms with Gasteiger partial charge in [0.25, 0.3) is 0 Å². The van der Waals surface area contributed by atoms with Crippen molar-refractivity contribution in [1.29, 1.82) is 0 Å². The zero-order chi connectivity index (χ0) is 13.7. The van der Waals surface area contributed by atoms with Crippen LogP contribution in [0.1, 0.15) is 67.8 Å². The fourth-order valence-electron chi connectivity index (χ4n) is 2.97. The summed E-state index contributed by atoms with van der Waals surface area (Å²) in [7, 11) is 0. The van der Waals surface area contributed by atoms with Crippen molar-refractivity contribution >= 4 is 5.78 Å². The number of benzene rings is 1. The third kappa shape index (κ3) is 3.44. The molecule has 0 aromatic heterocycles. The maximum Gasteiger partial charge on any atom is 0.194 e. The summed E-state index contributed by atoms with van der Waals surface area (Å²) < 4.78 is 0. The summed E-state index contributed by atoms with van der Waals surface area (Å²) in [5.41, 5.74) is 0.738. The average molecular weight is 260 g/mol. The molecule has 0 unspecified atom stereocenters. The molecule has 19 heavy (non-hydrogen) atoms. The molecule has 1 fully saturated rings. The van der Waals surface area contributed by atoms with Crippen molar-refractivity contribution in [2.24, 2.45) is 0 Å². The Morgan fingerprint density at radius 1 is 1.21 bits per heavy atom. The average Bonchev–Trinajstić information content (AvgIpc) is 2.64. The third-order valence-corrected chi connectivity index (χ3v) is 4.08. The lowest BCUT2D eigenvalue weighted by atomic mass is 9.85. The molecule has 1 saturated carbocycles. The lowest BCUT2D eigenvalue weighted by molar-refractivity contribution is 0.0238. The molecule has 0 amide bonds.